The molecule has 0 aromatic heterocycles. The van der Waals surface area contributed by atoms with Gasteiger partial charge in [-0.2, -0.15) is 0 Å². The number of anilines is 1. The van der Waals surface area contributed by atoms with Crippen molar-refractivity contribution in [3.63, 3.8) is 0 Å². The number of rotatable bonds is 3. The summed E-state index contributed by atoms with van der Waals surface area (Å²) in [5, 5.41) is 8.84. The molecular formula is C15H18FNO4. The summed E-state index contributed by atoms with van der Waals surface area (Å²) in [6, 6.07) is 4.28. The predicted octanol–water partition coefficient (Wildman–Crippen LogP) is 2.11. The Hall–Kier alpha value is -1.66. The Balaban J connectivity index is 1.64. The molecule has 0 saturated carbocycles. The molecule has 0 aliphatic carbocycles. The molecule has 2 fully saturated rings. The zero-order valence-electron chi connectivity index (χ0n) is 11.6. The Morgan fingerprint density at radius 3 is 2.48 bits per heavy atom. The highest BCUT2D eigenvalue weighted by atomic mass is 19.1. The molecule has 0 bridgehead atoms. The number of piperidine rings is 1. The normalized spacial score (nSPS) is 20.9. The lowest BCUT2D eigenvalue weighted by Crippen LogP contribution is -2.38. The van der Waals surface area contributed by atoms with Gasteiger partial charge in [0.25, 0.3) is 0 Å². The molecule has 1 aromatic rings. The van der Waals surface area contributed by atoms with Gasteiger partial charge in [-0.25, -0.2) is 9.18 Å². The maximum atomic E-state index is 13.7. The molecule has 5 nitrogen and oxygen atoms in total. The maximum absolute atomic E-state index is 13.7. The van der Waals surface area contributed by atoms with Crippen molar-refractivity contribution in [2.75, 3.05) is 31.2 Å². The molecule has 2 heterocycles. The Bertz CT molecular complexity index is 522. The second kappa shape index (κ2) is 5.99. The molecular weight excluding hydrogens is 277 g/mol. The number of nitrogens with zero attached hydrogens (tertiary/aromatic N) is 1. The van der Waals surface area contributed by atoms with E-state index < -0.39 is 11.8 Å². The highest BCUT2D eigenvalue weighted by Crippen LogP contribution is 2.29. The van der Waals surface area contributed by atoms with E-state index in [2.05, 4.69) is 4.90 Å². The summed E-state index contributed by atoms with van der Waals surface area (Å²) >= 11 is 0. The van der Waals surface area contributed by atoms with Crippen LogP contribution in [-0.2, 0) is 9.47 Å². The van der Waals surface area contributed by atoms with Gasteiger partial charge in [-0.05, 0) is 31.0 Å². The number of carboxylic acid groups (broad SMARTS) is 1. The number of benzene rings is 1. The number of hydrogen-bond donors (Lipinski definition) is 1. The lowest BCUT2D eigenvalue weighted by Gasteiger charge is -2.35. The van der Waals surface area contributed by atoms with Crippen LogP contribution in [0, 0.1) is 11.7 Å². The van der Waals surface area contributed by atoms with E-state index in [4.69, 9.17) is 14.6 Å². The smallest absolute Gasteiger partial charge is 0.338 e. The predicted molar refractivity (Wildman–Crippen MR) is 74.0 cm³/mol. The van der Waals surface area contributed by atoms with E-state index in [0.29, 0.717) is 19.1 Å². The molecule has 2 saturated heterocycles. The molecule has 2 aliphatic heterocycles. The van der Waals surface area contributed by atoms with E-state index in [0.717, 1.165) is 31.6 Å². The fourth-order valence-corrected chi connectivity index (χ4v) is 2.95. The van der Waals surface area contributed by atoms with Gasteiger partial charge in [0.2, 0.25) is 0 Å². The van der Waals surface area contributed by atoms with Crippen LogP contribution in [0.25, 0.3) is 0 Å². The minimum atomic E-state index is -1.24. The lowest BCUT2D eigenvalue weighted by atomic mass is 9.95. The molecule has 1 N–H and O–H groups in total. The van der Waals surface area contributed by atoms with Crippen molar-refractivity contribution < 1.29 is 23.8 Å². The van der Waals surface area contributed by atoms with E-state index in [-0.39, 0.29) is 11.9 Å². The zero-order chi connectivity index (χ0) is 14.8. The summed E-state index contributed by atoms with van der Waals surface area (Å²) in [6.07, 6.45) is 1.75. The highest BCUT2D eigenvalue weighted by Gasteiger charge is 2.30. The summed E-state index contributed by atoms with van der Waals surface area (Å²) < 4.78 is 24.8. The molecule has 0 atom stereocenters. The van der Waals surface area contributed by atoms with E-state index in [1.807, 2.05) is 0 Å². The highest BCUT2D eigenvalue weighted by molar-refractivity contribution is 5.88. The molecule has 0 amide bonds. The third-order valence-electron chi connectivity index (χ3n) is 4.12. The molecule has 6 heteroatoms. The van der Waals surface area contributed by atoms with Gasteiger partial charge < -0.3 is 19.5 Å². The van der Waals surface area contributed by atoms with Gasteiger partial charge in [0.05, 0.1) is 18.8 Å². The lowest BCUT2D eigenvalue weighted by molar-refractivity contribution is -0.0889. The Morgan fingerprint density at radius 2 is 1.90 bits per heavy atom. The van der Waals surface area contributed by atoms with Crippen molar-refractivity contribution in [3.8, 4) is 0 Å². The van der Waals surface area contributed by atoms with Crippen LogP contribution in [0.4, 0.5) is 10.1 Å². The second-order valence-electron chi connectivity index (χ2n) is 5.40. The fraction of sp³-hybridized carbons (Fsp3) is 0.533. The second-order valence-corrected chi connectivity index (χ2v) is 5.40. The Labute approximate surface area is 122 Å². The zero-order valence-corrected chi connectivity index (χ0v) is 11.6. The van der Waals surface area contributed by atoms with Crippen LogP contribution >= 0.6 is 0 Å². The van der Waals surface area contributed by atoms with Gasteiger partial charge >= 0.3 is 5.97 Å². The minimum absolute atomic E-state index is 0.0988. The van der Waals surface area contributed by atoms with Gasteiger partial charge in [-0.3, -0.25) is 0 Å². The van der Waals surface area contributed by atoms with Crippen molar-refractivity contribution in [1.82, 2.24) is 0 Å². The van der Waals surface area contributed by atoms with Crippen molar-refractivity contribution in [1.29, 1.82) is 0 Å². The largest absolute Gasteiger partial charge is 0.478 e. The molecule has 0 spiro atoms. The molecule has 1 aromatic carbocycles. The van der Waals surface area contributed by atoms with Crippen LogP contribution in [0.1, 0.15) is 23.2 Å². The maximum Gasteiger partial charge on any atom is 0.338 e. The van der Waals surface area contributed by atoms with E-state index in [9.17, 15) is 9.18 Å². The number of aromatic carboxylic acids is 1. The average Bonchev–Trinajstić information content (AvgIpc) is 3.01. The number of halogens is 1. The van der Waals surface area contributed by atoms with Crippen LogP contribution < -0.4 is 4.90 Å². The number of hydrogen-bond acceptors (Lipinski definition) is 4. The quantitative estimate of drug-likeness (QED) is 0.925. The SMILES string of the molecule is O=C(O)c1ccc(N2CCC(C3OCCO3)CC2)cc1F. The van der Waals surface area contributed by atoms with Crippen molar-refractivity contribution >= 4 is 11.7 Å². The van der Waals surface area contributed by atoms with E-state index in [1.54, 1.807) is 6.07 Å². The average molecular weight is 295 g/mol. The molecule has 21 heavy (non-hydrogen) atoms. The van der Waals surface area contributed by atoms with Gasteiger partial charge in [-0.15, -0.1) is 0 Å². The fourth-order valence-electron chi connectivity index (χ4n) is 2.95. The molecule has 0 unspecified atom stereocenters. The first-order valence-corrected chi connectivity index (χ1v) is 7.16. The third kappa shape index (κ3) is 3.01. The number of ether oxygens (including phenoxy) is 2. The summed E-state index contributed by atoms with van der Waals surface area (Å²) in [7, 11) is 0. The molecule has 2 aliphatic rings. The van der Waals surface area contributed by atoms with Gasteiger partial charge in [0.15, 0.2) is 6.29 Å². The van der Waals surface area contributed by atoms with Crippen molar-refractivity contribution in [2.45, 2.75) is 19.1 Å². The monoisotopic (exact) mass is 295 g/mol. The third-order valence-corrected chi connectivity index (χ3v) is 4.12. The summed E-state index contributed by atoms with van der Waals surface area (Å²) in [4.78, 5) is 12.9. The van der Waals surface area contributed by atoms with E-state index in [1.165, 1.54) is 12.1 Å². The van der Waals surface area contributed by atoms with Crippen LogP contribution in [0.15, 0.2) is 18.2 Å². The Kier molecular flexibility index (Phi) is 4.07. The first kappa shape index (κ1) is 14.3. The van der Waals surface area contributed by atoms with Gasteiger partial charge in [-0.1, -0.05) is 0 Å². The standard InChI is InChI=1S/C15H18FNO4/c16-13-9-11(1-2-12(13)14(18)19)17-5-3-10(4-6-17)15-20-7-8-21-15/h1-2,9-10,15H,3-8H2,(H,18,19). The van der Waals surface area contributed by atoms with Crippen LogP contribution in [0.2, 0.25) is 0 Å². The van der Waals surface area contributed by atoms with E-state index >= 15 is 0 Å². The van der Waals surface area contributed by atoms with Crippen molar-refractivity contribution in [3.05, 3.63) is 29.6 Å². The minimum Gasteiger partial charge on any atom is -0.478 e. The molecule has 0 radical (unpaired) electrons. The first-order valence-electron chi connectivity index (χ1n) is 7.16. The van der Waals surface area contributed by atoms with Crippen LogP contribution in [-0.4, -0.2) is 43.7 Å². The first-order chi connectivity index (χ1) is 10.1. The summed E-state index contributed by atoms with van der Waals surface area (Å²) in [5.74, 6) is -1.55. The molecule has 114 valence electrons. The van der Waals surface area contributed by atoms with Gasteiger partial charge in [0, 0.05) is 24.7 Å². The number of carbonyl (C=O) groups is 1. The van der Waals surface area contributed by atoms with Crippen LogP contribution in [0.5, 0.6) is 0 Å². The van der Waals surface area contributed by atoms with Gasteiger partial charge in [0.1, 0.15) is 5.82 Å². The summed E-state index contributed by atoms with van der Waals surface area (Å²) in [6.45, 7) is 2.90. The van der Waals surface area contributed by atoms with Crippen molar-refractivity contribution in [2.24, 2.45) is 5.92 Å². The topological polar surface area (TPSA) is 59.0 Å². The molecule has 3 rings (SSSR count). The van der Waals surface area contributed by atoms with Crippen LogP contribution in [0.3, 0.4) is 0 Å². The summed E-state index contributed by atoms with van der Waals surface area (Å²) in [5.41, 5.74) is 0.436. The Morgan fingerprint density at radius 1 is 1.24 bits per heavy atom. The number of carboxylic acids is 1.